The molecule has 3 saturated heterocycles. The topological polar surface area (TPSA) is 260 Å². The fourth-order valence-electron chi connectivity index (χ4n) is 10.3. The molecule has 7 aromatic carbocycles. The Hall–Kier alpha value is -9.45. The highest BCUT2D eigenvalue weighted by molar-refractivity contribution is 5.93. The number of rotatable bonds is 21. The SMILES string of the molecule is C[C@@H]1[C@@H](OO[C@@H]2O[C@H](COC(=O)c3ccccc3)[C@@H](C)[C@H](OC(=O)c3ccccc3)[C@H]2OC(=O)c2ccccc2)O[C@@H](OC[C@H]2O[C@@H](O)[C@H](OC(=O)c3ccccc3)[C@@H](OC(=O)c3ccccc3)[C@@H]2C)[C@H](OC(=O)c2ccccc2)[C@H]1OC(=O)c1ccccc1. The maximum Gasteiger partial charge on any atom is 0.338 e. The van der Waals surface area contributed by atoms with E-state index in [0.29, 0.717) is 0 Å². The van der Waals surface area contributed by atoms with Gasteiger partial charge in [-0.25, -0.2) is 38.4 Å². The van der Waals surface area contributed by atoms with Gasteiger partial charge in [0, 0.05) is 11.8 Å². The first-order valence-electron chi connectivity index (χ1n) is 29.1. The van der Waals surface area contributed by atoms with Crippen molar-refractivity contribution < 1.29 is 101 Å². The van der Waals surface area contributed by atoms with Crippen LogP contribution in [0.1, 0.15) is 93.3 Å². The molecule has 0 saturated carbocycles. The van der Waals surface area contributed by atoms with Crippen LogP contribution in [0, 0.1) is 17.8 Å². The van der Waals surface area contributed by atoms with Crippen molar-refractivity contribution in [2.45, 2.75) is 94.8 Å². The lowest BCUT2D eigenvalue weighted by atomic mass is 9.90. The number of aliphatic hydroxyl groups excluding tert-OH is 1. The molecule has 3 aliphatic rings. The van der Waals surface area contributed by atoms with Crippen LogP contribution in [-0.4, -0.2) is 134 Å². The molecule has 3 aliphatic heterocycles. The van der Waals surface area contributed by atoms with Gasteiger partial charge in [-0.15, -0.1) is 0 Å². The molecule has 0 bridgehead atoms. The maximum absolute atomic E-state index is 14.3. The van der Waals surface area contributed by atoms with Gasteiger partial charge < -0.3 is 57.2 Å². The summed E-state index contributed by atoms with van der Waals surface area (Å²) in [5.41, 5.74) is 0.984. The maximum atomic E-state index is 14.3. The monoisotopic (exact) mass is 1230 g/mol. The minimum atomic E-state index is -1.93. The van der Waals surface area contributed by atoms with Gasteiger partial charge in [-0.1, -0.05) is 148 Å². The highest BCUT2D eigenvalue weighted by Gasteiger charge is 2.55. The average molecular weight is 1230 g/mol. The summed E-state index contributed by atoms with van der Waals surface area (Å²) in [5, 5.41) is 11.7. The summed E-state index contributed by atoms with van der Waals surface area (Å²) in [7, 11) is 0. The molecule has 15 atom stereocenters. The predicted octanol–water partition coefficient (Wildman–Crippen LogP) is 9.19. The Morgan fingerprint density at radius 1 is 0.311 bits per heavy atom. The average Bonchev–Trinajstić information content (AvgIpc) is 0.902. The fourth-order valence-corrected chi connectivity index (χ4v) is 10.3. The molecular weight excluding hydrogens is 1160 g/mol. The largest absolute Gasteiger partial charge is 0.459 e. The Kier molecular flexibility index (Phi) is 21.3. The highest BCUT2D eigenvalue weighted by atomic mass is 17.3. The predicted molar refractivity (Wildman–Crippen MR) is 314 cm³/mol. The van der Waals surface area contributed by atoms with E-state index in [2.05, 4.69) is 0 Å². The van der Waals surface area contributed by atoms with Gasteiger partial charge in [-0.2, -0.15) is 4.89 Å². The second-order valence-corrected chi connectivity index (χ2v) is 21.5. The number of esters is 7. The Bertz CT molecular complexity index is 3510. The Balaban J connectivity index is 0.983. The van der Waals surface area contributed by atoms with Crippen LogP contribution < -0.4 is 0 Å². The number of benzene rings is 7. The standard InChI is InChI=1S/C69H64O21/c1-41-51(80-66(77)56(85-63(74)48-33-19-8-20-34-48)53(41)82-60(71)45-27-13-5-14-28-45)40-79-68-57(86-64(75)49-35-21-9-22-36-49)55(84-62(73)47-31-17-7-18-32-47)43(3)67(88-68)89-90-69-58(87-65(76)50-37-23-10-24-38-50)54(83-61(72)46-29-15-6-16-30-46)42(2)52(81-69)39-78-59(70)44-25-11-4-12-26-44/h4-38,41-43,51-58,66-69,77H,39-40H2,1-3H3/t41-,42-,43+,51-,52-,53+,54+,55+,56-,57-,58-,66-,67-,68-,69+/m1/s1. The van der Waals surface area contributed by atoms with E-state index in [1.807, 2.05) is 0 Å². The Morgan fingerprint density at radius 3 is 0.956 bits per heavy atom. The highest BCUT2D eigenvalue weighted by Crippen LogP contribution is 2.38. The lowest BCUT2D eigenvalue weighted by Crippen LogP contribution is -2.61. The first-order valence-corrected chi connectivity index (χ1v) is 29.1. The number of carbonyl (C=O) groups excluding carboxylic acids is 7. The number of aliphatic hydroxyl groups is 1. The van der Waals surface area contributed by atoms with Crippen molar-refractivity contribution in [3.8, 4) is 0 Å². The van der Waals surface area contributed by atoms with Crippen molar-refractivity contribution >= 4 is 41.8 Å². The van der Waals surface area contributed by atoms with Crippen LogP contribution in [0.15, 0.2) is 212 Å². The van der Waals surface area contributed by atoms with Crippen LogP contribution in [0.3, 0.4) is 0 Å². The lowest BCUT2D eigenvalue weighted by molar-refractivity contribution is -0.490. The minimum Gasteiger partial charge on any atom is -0.459 e. The van der Waals surface area contributed by atoms with Gasteiger partial charge in [-0.3, -0.25) is 0 Å². The van der Waals surface area contributed by atoms with Crippen molar-refractivity contribution in [3.05, 3.63) is 251 Å². The van der Waals surface area contributed by atoms with E-state index in [1.54, 1.807) is 153 Å². The molecule has 466 valence electrons. The van der Waals surface area contributed by atoms with E-state index in [0.717, 1.165) is 0 Å². The van der Waals surface area contributed by atoms with Crippen molar-refractivity contribution in [3.63, 3.8) is 0 Å². The molecule has 0 radical (unpaired) electrons. The van der Waals surface area contributed by atoms with E-state index in [9.17, 15) is 38.7 Å². The summed E-state index contributed by atoms with van der Waals surface area (Å²) >= 11 is 0. The van der Waals surface area contributed by atoms with Crippen molar-refractivity contribution in [2.75, 3.05) is 13.2 Å². The molecule has 21 nitrogen and oxygen atoms in total. The second kappa shape index (κ2) is 30.2. The zero-order valence-corrected chi connectivity index (χ0v) is 48.9. The van der Waals surface area contributed by atoms with Crippen molar-refractivity contribution in [1.82, 2.24) is 0 Å². The smallest absolute Gasteiger partial charge is 0.338 e. The van der Waals surface area contributed by atoms with Crippen LogP contribution >= 0.6 is 0 Å². The van der Waals surface area contributed by atoms with Crippen LogP contribution in [0.5, 0.6) is 0 Å². The molecule has 0 aliphatic carbocycles. The number of ether oxygens (including phenoxy) is 11. The van der Waals surface area contributed by atoms with Gasteiger partial charge in [0.2, 0.25) is 18.9 Å². The van der Waals surface area contributed by atoms with Gasteiger partial charge in [0.1, 0.15) is 24.9 Å². The van der Waals surface area contributed by atoms with Crippen LogP contribution in [0.2, 0.25) is 0 Å². The number of hydrogen-bond donors (Lipinski definition) is 1. The van der Waals surface area contributed by atoms with E-state index < -0.39 is 147 Å². The van der Waals surface area contributed by atoms with Crippen LogP contribution in [-0.2, 0) is 61.9 Å². The Labute approximate surface area is 517 Å². The van der Waals surface area contributed by atoms with Gasteiger partial charge >= 0.3 is 41.8 Å². The quantitative estimate of drug-likeness (QED) is 0.0304. The van der Waals surface area contributed by atoms with E-state index in [-0.39, 0.29) is 38.9 Å². The summed E-state index contributed by atoms with van der Waals surface area (Å²) in [6.07, 6.45) is -18.8. The molecule has 0 unspecified atom stereocenters. The molecule has 0 spiro atoms. The molecule has 90 heavy (non-hydrogen) atoms. The molecule has 0 amide bonds. The fraction of sp³-hybridized carbons (Fsp3) is 0.290. The number of carbonyl (C=O) groups is 7. The normalized spacial score (nSPS) is 26.3. The molecule has 0 aromatic heterocycles. The summed E-state index contributed by atoms with van der Waals surface area (Å²) < 4.78 is 68.2. The first-order chi connectivity index (χ1) is 43.7. The van der Waals surface area contributed by atoms with Gasteiger partial charge in [0.25, 0.3) is 0 Å². The number of hydrogen-bond acceptors (Lipinski definition) is 21. The lowest BCUT2D eigenvalue weighted by Gasteiger charge is -2.46. The third kappa shape index (κ3) is 15.7. The molecule has 21 heteroatoms. The molecule has 3 fully saturated rings. The van der Waals surface area contributed by atoms with Crippen molar-refractivity contribution in [1.29, 1.82) is 0 Å². The molecule has 3 heterocycles. The summed E-state index contributed by atoms with van der Waals surface area (Å²) in [6.45, 7) is 3.80. The van der Waals surface area contributed by atoms with Crippen LogP contribution in [0.25, 0.3) is 0 Å². The Morgan fingerprint density at radius 2 is 0.589 bits per heavy atom. The summed E-state index contributed by atoms with van der Waals surface area (Å²) in [6, 6.07) is 56.0. The van der Waals surface area contributed by atoms with E-state index >= 15 is 0 Å². The zero-order chi connectivity index (χ0) is 63.1. The first kappa shape index (κ1) is 63.6. The van der Waals surface area contributed by atoms with Crippen LogP contribution in [0.4, 0.5) is 0 Å². The molecular formula is C69H64O21. The van der Waals surface area contributed by atoms with Gasteiger partial charge in [-0.05, 0) is 84.9 Å². The van der Waals surface area contributed by atoms with Crippen molar-refractivity contribution in [2.24, 2.45) is 17.8 Å². The third-order valence-electron chi connectivity index (χ3n) is 15.4. The summed E-state index contributed by atoms with van der Waals surface area (Å²) in [5.74, 6) is -8.83. The van der Waals surface area contributed by atoms with E-state index in [1.165, 1.54) is 79.7 Å². The molecule has 7 aromatic rings. The van der Waals surface area contributed by atoms with Gasteiger partial charge in [0.15, 0.2) is 30.7 Å². The minimum absolute atomic E-state index is 0.0940. The van der Waals surface area contributed by atoms with Gasteiger partial charge in [0.05, 0.1) is 57.6 Å². The second-order valence-electron chi connectivity index (χ2n) is 21.5. The molecule has 1 N–H and O–H groups in total. The third-order valence-corrected chi connectivity index (χ3v) is 15.4. The summed E-state index contributed by atoms with van der Waals surface area (Å²) in [4.78, 5) is 110. The zero-order valence-electron chi connectivity index (χ0n) is 48.9. The molecule has 10 rings (SSSR count). The van der Waals surface area contributed by atoms with E-state index in [4.69, 9.17) is 61.9 Å².